The molecule has 0 bridgehead atoms. The van der Waals surface area contributed by atoms with E-state index in [2.05, 4.69) is 33.8 Å². The molecule has 0 aromatic carbocycles. The summed E-state index contributed by atoms with van der Waals surface area (Å²) in [4.78, 5) is 0. The molecule has 0 spiro atoms. The molecular formula is C20H34O3. The van der Waals surface area contributed by atoms with E-state index in [4.69, 9.17) is 0 Å². The Balaban J connectivity index is 1.93. The first-order valence-corrected chi connectivity index (χ1v) is 9.34. The number of aliphatic hydroxyl groups excluding tert-OH is 3. The third-order valence-electron chi connectivity index (χ3n) is 7.90. The predicted molar refractivity (Wildman–Crippen MR) is 91.9 cm³/mol. The molecule has 0 saturated heterocycles. The van der Waals surface area contributed by atoms with Crippen LogP contribution in [0.5, 0.6) is 0 Å². The van der Waals surface area contributed by atoms with Crippen molar-refractivity contribution in [2.45, 2.75) is 78.4 Å². The van der Waals surface area contributed by atoms with Crippen molar-refractivity contribution in [3.63, 3.8) is 0 Å². The number of hydrogen-bond donors (Lipinski definition) is 3. The number of rotatable bonds is 2. The van der Waals surface area contributed by atoms with Crippen molar-refractivity contribution < 1.29 is 15.3 Å². The summed E-state index contributed by atoms with van der Waals surface area (Å²) < 4.78 is 0. The summed E-state index contributed by atoms with van der Waals surface area (Å²) in [5.41, 5.74) is 1.47. The monoisotopic (exact) mass is 322 g/mol. The minimum atomic E-state index is -0.661. The number of aliphatic hydroxyl groups is 3. The van der Waals surface area contributed by atoms with Crippen molar-refractivity contribution in [1.82, 2.24) is 0 Å². The smallest absolute Gasteiger partial charge is 0.0858 e. The standard InChI is InChI=1S/C20H34O3/c1-18(2)15-6-5-13-11-19(3,17(23)12-21)9-7-14(13)20(15,4)10-8-16(18)22/h11,14-17,21-23H,5-10,12H2,1-4H3/t14-,15-,16-,17?,19?,20+/m1/s1. The minimum Gasteiger partial charge on any atom is -0.394 e. The molecule has 2 fully saturated rings. The zero-order chi connectivity index (χ0) is 17.0. The van der Waals surface area contributed by atoms with E-state index >= 15 is 0 Å². The maximum Gasteiger partial charge on any atom is 0.0858 e. The summed E-state index contributed by atoms with van der Waals surface area (Å²) in [6.07, 6.45) is 7.70. The molecule has 0 aromatic heterocycles. The Kier molecular flexibility index (Phi) is 4.23. The molecule has 2 saturated carbocycles. The predicted octanol–water partition coefficient (Wildman–Crippen LogP) is 3.28. The van der Waals surface area contributed by atoms with Crippen molar-refractivity contribution in [3.05, 3.63) is 11.6 Å². The molecule has 132 valence electrons. The van der Waals surface area contributed by atoms with Crippen LogP contribution >= 0.6 is 0 Å². The zero-order valence-electron chi connectivity index (χ0n) is 15.2. The van der Waals surface area contributed by atoms with Crippen LogP contribution in [0.15, 0.2) is 11.6 Å². The highest BCUT2D eigenvalue weighted by molar-refractivity contribution is 5.25. The maximum absolute atomic E-state index is 10.5. The van der Waals surface area contributed by atoms with Crippen molar-refractivity contribution in [2.75, 3.05) is 6.61 Å². The first-order valence-electron chi connectivity index (χ1n) is 9.34. The van der Waals surface area contributed by atoms with Gasteiger partial charge in [-0.25, -0.2) is 0 Å². The van der Waals surface area contributed by atoms with Gasteiger partial charge in [-0.3, -0.25) is 0 Å². The highest BCUT2D eigenvalue weighted by atomic mass is 16.3. The Hall–Kier alpha value is -0.380. The van der Waals surface area contributed by atoms with Gasteiger partial charge >= 0.3 is 0 Å². The number of fused-ring (bicyclic) bond motifs is 3. The van der Waals surface area contributed by atoms with Crippen LogP contribution in [0.4, 0.5) is 0 Å². The fraction of sp³-hybridized carbons (Fsp3) is 0.900. The second-order valence-corrected chi connectivity index (χ2v) is 9.49. The number of allylic oxidation sites excluding steroid dienone is 1. The molecule has 3 heteroatoms. The molecule has 3 aliphatic carbocycles. The average molecular weight is 322 g/mol. The van der Waals surface area contributed by atoms with Crippen LogP contribution in [0.2, 0.25) is 0 Å². The first kappa shape index (κ1) is 17.4. The van der Waals surface area contributed by atoms with Gasteiger partial charge in [0.25, 0.3) is 0 Å². The van der Waals surface area contributed by atoms with Crippen LogP contribution in [0.1, 0.15) is 66.2 Å². The van der Waals surface area contributed by atoms with Gasteiger partial charge in [0.05, 0.1) is 18.8 Å². The topological polar surface area (TPSA) is 60.7 Å². The van der Waals surface area contributed by atoms with E-state index in [0.717, 1.165) is 38.5 Å². The second-order valence-electron chi connectivity index (χ2n) is 9.49. The van der Waals surface area contributed by atoms with Crippen LogP contribution in [0.3, 0.4) is 0 Å². The largest absolute Gasteiger partial charge is 0.394 e. The van der Waals surface area contributed by atoms with Crippen molar-refractivity contribution in [3.8, 4) is 0 Å². The summed E-state index contributed by atoms with van der Waals surface area (Å²) in [6, 6.07) is 0. The lowest BCUT2D eigenvalue weighted by atomic mass is 9.45. The van der Waals surface area contributed by atoms with Gasteiger partial charge in [-0.2, -0.15) is 0 Å². The fourth-order valence-electron chi connectivity index (χ4n) is 6.21. The highest BCUT2D eigenvalue weighted by Crippen LogP contribution is 2.63. The normalized spacial score (nSPS) is 47.3. The van der Waals surface area contributed by atoms with Gasteiger partial charge in [0.2, 0.25) is 0 Å². The quantitative estimate of drug-likeness (QED) is 0.684. The molecule has 6 atom stereocenters. The first-order chi connectivity index (χ1) is 10.6. The van der Waals surface area contributed by atoms with Gasteiger partial charge in [-0.1, -0.05) is 39.3 Å². The maximum atomic E-state index is 10.5. The van der Waals surface area contributed by atoms with E-state index in [-0.39, 0.29) is 29.0 Å². The van der Waals surface area contributed by atoms with Crippen LogP contribution in [-0.2, 0) is 0 Å². The molecule has 0 aromatic rings. The summed E-state index contributed by atoms with van der Waals surface area (Å²) in [7, 11) is 0. The van der Waals surface area contributed by atoms with E-state index < -0.39 is 6.10 Å². The third-order valence-corrected chi connectivity index (χ3v) is 7.90. The molecule has 23 heavy (non-hydrogen) atoms. The van der Waals surface area contributed by atoms with Gasteiger partial charge < -0.3 is 15.3 Å². The Morgan fingerprint density at radius 1 is 1.13 bits per heavy atom. The Bertz CT molecular complexity index is 497. The molecular weight excluding hydrogens is 288 g/mol. The fourth-order valence-corrected chi connectivity index (χ4v) is 6.21. The van der Waals surface area contributed by atoms with Gasteiger partial charge in [-0.15, -0.1) is 0 Å². The highest BCUT2D eigenvalue weighted by Gasteiger charge is 2.57. The lowest BCUT2D eigenvalue weighted by Gasteiger charge is -2.61. The molecule has 3 nitrogen and oxygen atoms in total. The van der Waals surface area contributed by atoms with E-state index in [9.17, 15) is 15.3 Å². The molecule has 3 aliphatic rings. The van der Waals surface area contributed by atoms with Crippen LogP contribution in [0, 0.1) is 28.1 Å². The Labute approximate surface area is 140 Å². The zero-order valence-corrected chi connectivity index (χ0v) is 15.2. The van der Waals surface area contributed by atoms with Gasteiger partial charge in [0, 0.05) is 5.41 Å². The molecule has 0 amide bonds. The Morgan fingerprint density at radius 3 is 2.48 bits per heavy atom. The van der Waals surface area contributed by atoms with Gasteiger partial charge in [0.15, 0.2) is 0 Å². The summed E-state index contributed by atoms with van der Waals surface area (Å²) >= 11 is 0. The van der Waals surface area contributed by atoms with E-state index in [1.807, 2.05) is 0 Å². The SMILES string of the molecule is CC1(C(O)CO)C=C2CC[C@@H]3C(C)(C)[C@H](O)CC[C@@]3(C)[C@@H]2CC1. The van der Waals surface area contributed by atoms with Gasteiger partial charge in [0.1, 0.15) is 0 Å². The summed E-state index contributed by atoms with van der Waals surface area (Å²) in [5.74, 6) is 1.14. The molecule has 0 radical (unpaired) electrons. The van der Waals surface area contributed by atoms with Crippen molar-refractivity contribution in [2.24, 2.45) is 28.1 Å². The summed E-state index contributed by atoms with van der Waals surface area (Å²) in [6.45, 7) is 8.85. The third kappa shape index (κ3) is 2.51. The van der Waals surface area contributed by atoms with Crippen LogP contribution in [0.25, 0.3) is 0 Å². The molecule has 3 N–H and O–H groups in total. The second kappa shape index (κ2) is 5.57. The Morgan fingerprint density at radius 2 is 1.83 bits per heavy atom. The molecule has 0 aliphatic heterocycles. The van der Waals surface area contributed by atoms with Crippen LogP contribution in [-0.4, -0.2) is 34.1 Å². The van der Waals surface area contributed by atoms with Gasteiger partial charge in [-0.05, 0) is 61.2 Å². The van der Waals surface area contributed by atoms with Crippen molar-refractivity contribution >= 4 is 0 Å². The van der Waals surface area contributed by atoms with E-state index in [0.29, 0.717) is 11.8 Å². The summed E-state index contributed by atoms with van der Waals surface area (Å²) in [5, 5.41) is 30.1. The van der Waals surface area contributed by atoms with E-state index in [1.54, 1.807) is 0 Å². The lowest BCUT2D eigenvalue weighted by Crippen LogP contribution is -2.55. The van der Waals surface area contributed by atoms with E-state index in [1.165, 1.54) is 5.57 Å². The van der Waals surface area contributed by atoms with Crippen molar-refractivity contribution in [1.29, 1.82) is 0 Å². The average Bonchev–Trinajstić information content (AvgIpc) is 2.50. The molecule has 0 heterocycles. The lowest BCUT2D eigenvalue weighted by molar-refractivity contribution is -0.129. The molecule has 2 unspecified atom stereocenters. The molecule has 3 rings (SSSR count). The van der Waals surface area contributed by atoms with Crippen LogP contribution < -0.4 is 0 Å². The number of hydrogen-bond acceptors (Lipinski definition) is 3. The minimum absolute atomic E-state index is 0.0100.